The summed E-state index contributed by atoms with van der Waals surface area (Å²) in [6.45, 7) is 3.32. The number of rotatable bonds is 4. The van der Waals surface area contributed by atoms with Gasteiger partial charge in [-0.2, -0.15) is 0 Å². The van der Waals surface area contributed by atoms with E-state index in [1.165, 1.54) is 30.4 Å². The molecule has 1 aliphatic heterocycles. The monoisotopic (exact) mass is 292 g/mol. The number of anilines is 1. The Morgan fingerprint density at radius 2 is 1.95 bits per heavy atom. The molecule has 0 radical (unpaired) electrons. The summed E-state index contributed by atoms with van der Waals surface area (Å²) in [7, 11) is 0. The van der Waals surface area contributed by atoms with Crippen LogP contribution in [0.4, 0.5) is 10.1 Å². The third kappa shape index (κ3) is 4.28. The van der Waals surface area contributed by atoms with Gasteiger partial charge in [0.2, 0.25) is 11.8 Å². The molecule has 0 aromatic heterocycles. The van der Waals surface area contributed by atoms with Crippen molar-refractivity contribution >= 4 is 17.5 Å². The molecule has 1 aromatic carbocycles. The lowest BCUT2D eigenvalue weighted by atomic mass is 10.1. The topological polar surface area (TPSA) is 40.6 Å². The van der Waals surface area contributed by atoms with Gasteiger partial charge in [0.05, 0.1) is 0 Å². The van der Waals surface area contributed by atoms with Crippen molar-refractivity contribution in [2.45, 2.75) is 32.6 Å². The fourth-order valence-electron chi connectivity index (χ4n) is 2.62. The lowest BCUT2D eigenvalue weighted by Gasteiger charge is -2.28. The lowest BCUT2D eigenvalue weighted by Crippen LogP contribution is -2.38. The van der Waals surface area contributed by atoms with Gasteiger partial charge in [0.1, 0.15) is 5.82 Å². The Kier molecular flexibility index (Phi) is 5.31. The molecule has 2 rings (SSSR count). The minimum absolute atomic E-state index is 0.0670. The smallest absolute Gasteiger partial charge is 0.224 e. The number of hydrogen-bond acceptors (Lipinski definition) is 2. The SMILES string of the molecule is CC(=O)N(CCC(=O)N1CCCCC1)c1cccc(F)c1. The third-order valence-electron chi connectivity index (χ3n) is 3.76. The van der Waals surface area contributed by atoms with E-state index in [2.05, 4.69) is 0 Å². The molecule has 1 aromatic rings. The number of hydrogen-bond donors (Lipinski definition) is 0. The second-order valence-corrected chi connectivity index (χ2v) is 5.34. The molecule has 114 valence electrons. The van der Waals surface area contributed by atoms with E-state index >= 15 is 0 Å². The van der Waals surface area contributed by atoms with Crippen LogP contribution < -0.4 is 4.90 Å². The van der Waals surface area contributed by atoms with E-state index in [1.54, 1.807) is 12.1 Å². The van der Waals surface area contributed by atoms with Crippen molar-refractivity contribution in [1.29, 1.82) is 0 Å². The van der Waals surface area contributed by atoms with Gasteiger partial charge in [0.25, 0.3) is 0 Å². The Morgan fingerprint density at radius 1 is 1.24 bits per heavy atom. The van der Waals surface area contributed by atoms with Gasteiger partial charge < -0.3 is 9.80 Å². The zero-order chi connectivity index (χ0) is 15.2. The number of carbonyl (C=O) groups is 2. The molecule has 0 aliphatic carbocycles. The van der Waals surface area contributed by atoms with Crippen LogP contribution in [-0.2, 0) is 9.59 Å². The standard InChI is InChI=1S/C16H21FN2O2/c1-13(20)19(15-7-5-6-14(17)12-15)11-8-16(21)18-9-3-2-4-10-18/h5-7,12H,2-4,8-11H2,1H3. The minimum atomic E-state index is -0.388. The van der Waals surface area contributed by atoms with Gasteiger partial charge in [-0.1, -0.05) is 6.07 Å². The fourth-order valence-corrected chi connectivity index (χ4v) is 2.62. The van der Waals surface area contributed by atoms with Crippen LogP contribution in [-0.4, -0.2) is 36.3 Å². The molecule has 0 saturated carbocycles. The van der Waals surface area contributed by atoms with E-state index < -0.39 is 0 Å². The molecule has 2 amide bonds. The van der Waals surface area contributed by atoms with Gasteiger partial charge in [0.15, 0.2) is 0 Å². The number of carbonyl (C=O) groups excluding carboxylic acids is 2. The number of amides is 2. The second kappa shape index (κ2) is 7.20. The van der Waals surface area contributed by atoms with Crippen molar-refractivity contribution in [2.24, 2.45) is 0 Å². The zero-order valence-electron chi connectivity index (χ0n) is 12.3. The number of nitrogens with zero attached hydrogens (tertiary/aromatic N) is 2. The average molecular weight is 292 g/mol. The summed E-state index contributed by atoms with van der Waals surface area (Å²) in [6, 6.07) is 5.89. The minimum Gasteiger partial charge on any atom is -0.343 e. The predicted octanol–water partition coefficient (Wildman–Crippen LogP) is 2.58. The third-order valence-corrected chi connectivity index (χ3v) is 3.76. The van der Waals surface area contributed by atoms with Crippen LogP contribution >= 0.6 is 0 Å². The van der Waals surface area contributed by atoms with Gasteiger partial charge in [-0.3, -0.25) is 9.59 Å². The number of halogens is 1. The largest absolute Gasteiger partial charge is 0.343 e. The van der Waals surface area contributed by atoms with Gasteiger partial charge >= 0.3 is 0 Å². The average Bonchev–Trinajstić information content (AvgIpc) is 2.48. The Hall–Kier alpha value is -1.91. The molecular formula is C16H21FN2O2. The summed E-state index contributed by atoms with van der Waals surface area (Å²) in [6.07, 6.45) is 3.54. The highest BCUT2D eigenvalue weighted by atomic mass is 19.1. The highest BCUT2D eigenvalue weighted by molar-refractivity contribution is 5.92. The van der Waals surface area contributed by atoms with E-state index in [0.29, 0.717) is 5.69 Å². The van der Waals surface area contributed by atoms with Gasteiger partial charge in [0, 0.05) is 38.7 Å². The van der Waals surface area contributed by atoms with E-state index in [0.717, 1.165) is 25.9 Å². The van der Waals surface area contributed by atoms with Crippen molar-refractivity contribution < 1.29 is 14.0 Å². The summed E-state index contributed by atoms with van der Waals surface area (Å²) in [4.78, 5) is 27.2. The van der Waals surface area contributed by atoms with E-state index in [-0.39, 0.29) is 30.6 Å². The Morgan fingerprint density at radius 3 is 2.57 bits per heavy atom. The first kappa shape index (κ1) is 15.5. The Bertz CT molecular complexity index is 513. The number of likely N-dealkylation sites (tertiary alicyclic amines) is 1. The van der Waals surface area contributed by atoms with Crippen molar-refractivity contribution in [3.8, 4) is 0 Å². The van der Waals surface area contributed by atoms with Crippen LogP contribution in [0, 0.1) is 5.82 Å². The number of piperidine rings is 1. The van der Waals surface area contributed by atoms with Crippen LogP contribution in [0.15, 0.2) is 24.3 Å². The van der Waals surface area contributed by atoms with Crippen molar-refractivity contribution in [1.82, 2.24) is 4.90 Å². The maximum atomic E-state index is 13.3. The molecular weight excluding hydrogens is 271 g/mol. The van der Waals surface area contributed by atoms with Crippen LogP contribution in [0.25, 0.3) is 0 Å². The number of benzene rings is 1. The molecule has 4 nitrogen and oxygen atoms in total. The molecule has 21 heavy (non-hydrogen) atoms. The van der Waals surface area contributed by atoms with E-state index in [1.807, 2.05) is 4.90 Å². The molecule has 5 heteroatoms. The highest BCUT2D eigenvalue weighted by Crippen LogP contribution is 2.17. The summed E-state index contributed by atoms with van der Waals surface area (Å²) >= 11 is 0. The van der Waals surface area contributed by atoms with Crippen molar-refractivity contribution in [3.05, 3.63) is 30.1 Å². The second-order valence-electron chi connectivity index (χ2n) is 5.34. The maximum Gasteiger partial charge on any atom is 0.224 e. The van der Waals surface area contributed by atoms with Crippen LogP contribution in [0.5, 0.6) is 0 Å². The van der Waals surface area contributed by atoms with Crippen LogP contribution in [0.3, 0.4) is 0 Å². The summed E-state index contributed by atoms with van der Waals surface area (Å²) in [5.41, 5.74) is 0.494. The van der Waals surface area contributed by atoms with Gasteiger partial charge in [-0.15, -0.1) is 0 Å². The molecule has 1 saturated heterocycles. The fraction of sp³-hybridized carbons (Fsp3) is 0.500. The summed E-state index contributed by atoms with van der Waals surface area (Å²) in [5, 5.41) is 0. The quantitative estimate of drug-likeness (QED) is 0.856. The molecule has 0 N–H and O–H groups in total. The summed E-state index contributed by atoms with van der Waals surface area (Å²) in [5.74, 6) is -0.509. The van der Waals surface area contributed by atoms with Crippen molar-refractivity contribution in [2.75, 3.05) is 24.5 Å². The molecule has 1 heterocycles. The molecule has 0 bridgehead atoms. The molecule has 0 atom stereocenters. The first-order chi connectivity index (χ1) is 10.1. The van der Waals surface area contributed by atoms with Crippen LogP contribution in [0.1, 0.15) is 32.6 Å². The molecule has 0 spiro atoms. The molecule has 0 unspecified atom stereocenters. The highest BCUT2D eigenvalue weighted by Gasteiger charge is 2.19. The molecule has 1 fully saturated rings. The lowest BCUT2D eigenvalue weighted by molar-refractivity contribution is -0.131. The first-order valence-corrected chi connectivity index (χ1v) is 7.39. The maximum absolute atomic E-state index is 13.3. The molecule has 1 aliphatic rings. The normalized spacial score (nSPS) is 14.9. The van der Waals surface area contributed by atoms with Crippen LogP contribution in [0.2, 0.25) is 0 Å². The Labute approximate surface area is 124 Å². The van der Waals surface area contributed by atoms with E-state index in [4.69, 9.17) is 0 Å². The predicted molar refractivity (Wildman–Crippen MR) is 79.5 cm³/mol. The van der Waals surface area contributed by atoms with Gasteiger partial charge in [-0.25, -0.2) is 4.39 Å². The van der Waals surface area contributed by atoms with Crippen molar-refractivity contribution in [3.63, 3.8) is 0 Å². The first-order valence-electron chi connectivity index (χ1n) is 7.39. The van der Waals surface area contributed by atoms with E-state index in [9.17, 15) is 14.0 Å². The zero-order valence-corrected chi connectivity index (χ0v) is 12.3. The Balaban J connectivity index is 1.97. The van der Waals surface area contributed by atoms with Gasteiger partial charge in [-0.05, 0) is 37.5 Å². The summed E-state index contributed by atoms with van der Waals surface area (Å²) < 4.78 is 13.3.